The molecule has 10 heteroatoms. The third-order valence-electron chi connectivity index (χ3n) is 6.62. The van der Waals surface area contributed by atoms with Gasteiger partial charge >= 0.3 is 0 Å². The topological polar surface area (TPSA) is 95.3 Å². The van der Waals surface area contributed by atoms with Crippen LogP contribution in [0.3, 0.4) is 0 Å². The Morgan fingerprint density at radius 2 is 1.83 bits per heavy atom. The summed E-state index contributed by atoms with van der Waals surface area (Å²) in [5.41, 5.74) is 11.7. The van der Waals surface area contributed by atoms with Crippen molar-refractivity contribution in [1.82, 2.24) is 25.2 Å². The van der Waals surface area contributed by atoms with Gasteiger partial charge in [-0.15, -0.1) is 0 Å². The van der Waals surface area contributed by atoms with Crippen LogP contribution in [0.2, 0.25) is 10.0 Å². The molecule has 1 saturated heterocycles. The predicted octanol–water partition coefficient (Wildman–Crippen LogP) is 4.49. The van der Waals surface area contributed by atoms with Crippen molar-refractivity contribution < 1.29 is 4.74 Å². The Labute approximate surface area is 220 Å². The van der Waals surface area contributed by atoms with Gasteiger partial charge in [0.2, 0.25) is 0 Å². The maximum Gasteiger partial charge on any atom is 0.129 e. The number of likely N-dealkylation sites (N-methyl/N-ethyl adjacent to an activating group) is 1. The zero-order valence-corrected chi connectivity index (χ0v) is 21.8. The number of anilines is 2. The van der Waals surface area contributed by atoms with Gasteiger partial charge in [-0.25, -0.2) is 4.98 Å². The number of piperazine rings is 1. The Hall–Kier alpha value is -3.04. The minimum absolute atomic E-state index is 0.216. The van der Waals surface area contributed by atoms with E-state index in [0.717, 1.165) is 48.6 Å². The summed E-state index contributed by atoms with van der Waals surface area (Å²) in [6.45, 7) is 4.37. The molecule has 1 unspecified atom stereocenters. The molecule has 1 fully saturated rings. The number of imidazole rings is 1. The fourth-order valence-corrected chi connectivity index (χ4v) is 4.95. The molecule has 0 spiro atoms. The maximum absolute atomic E-state index is 6.39. The summed E-state index contributed by atoms with van der Waals surface area (Å²) in [4.78, 5) is 17.1. The maximum atomic E-state index is 6.39. The van der Waals surface area contributed by atoms with Gasteiger partial charge in [-0.3, -0.25) is 4.98 Å². The number of halogens is 2. The van der Waals surface area contributed by atoms with Crippen molar-refractivity contribution >= 4 is 45.6 Å². The average Bonchev–Trinajstić information content (AvgIpc) is 3.29. The zero-order valence-electron chi connectivity index (χ0n) is 20.3. The zero-order chi connectivity index (χ0) is 25.2. The standard InChI is InChI=1S/C26H29Cl2N7O/c1-30-25(18-12-17(4-5-22(18)29)36-15-19-20(27)13-31-14-21(19)28)26-32-23-6-3-16(11-24(23)33-26)35-9-7-34(2)8-10-35/h3-6,11-14,25,30H,7-10,15,29H2,1-2H3,(H,32,33). The highest BCUT2D eigenvalue weighted by molar-refractivity contribution is 6.35. The van der Waals surface area contributed by atoms with E-state index in [9.17, 15) is 0 Å². The quantitative estimate of drug-likeness (QED) is 0.306. The highest BCUT2D eigenvalue weighted by Gasteiger charge is 2.21. The lowest BCUT2D eigenvalue weighted by Gasteiger charge is -2.34. The molecule has 3 heterocycles. The lowest BCUT2D eigenvalue weighted by atomic mass is 10.0. The molecule has 1 aliphatic heterocycles. The van der Waals surface area contributed by atoms with E-state index in [1.165, 1.54) is 5.69 Å². The van der Waals surface area contributed by atoms with Gasteiger partial charge in [0.05, 0.1) is 27.1 Å². The number of nitrogens with one attached hydrogen (secondary N) is 2. The number of hydrogen-bond donors (Lipinski definition) is 3. The Morgan fingerprint density at radius 1 is 1.08 bits per heavy atom. The van der Waals surface area contributed by atoms with Gasteiger partial charge in [-0.1, -0.05) is 23.2 Å². The largest absolute Gasteiger partial charge is 0.489 e. The minimum Gasteiger partial charge on any atom is -0.489 e. The lowest BCUT2D eigenvalue weighted by molar-refractivity contribution is 0.306. The summed E-state index contributed by atoms with van der Waals surface area (Å²) < 4.78 is 6.01. The molecule has 0 saturated carbocycles. The first-order valence-electron chi connectivity index (χ1n) is 11.8. The summed E-state index contributed by atoms with van der Waals surface area (Å²) in [7, 11) is 4.05. The van der Waals surface area contributed by atoms with Crippen molar-refractivity contribution in [2.75, 3.05) is 50.9 Å². The predicted molar refractivity (Wildman–Crippen MR) is 146 cm³/mol. The normalized spacial score (nSPS) is 15.4. The molecule has 0 radical (unpaired) electrons. The molecule has 4 aromatic rings. The van der Waals surface area contributed by atoms with Crippen LogP contribution in [0.1, 0.15) is 23.0 Å². The van der Waals surface area contributed by atoms with Crippen molar-refractivity contribution in [3.63, 3.8) is 0 Å². The van der Waals surface area contributed by atoms with E-state index < -0.39 is 0 Å². The first kappa shape index (κ1) is 24.6. The van der Waals surface area contributed by atoms with Gasteiger partial charge in [0.25, 0.3) is 0 Å². The van der Waals surface area contributed by atoms with Crippen LogP contribution >= 0.6 is 23.2 Å². The number of aromatic nitrogens is 3. The summed E-state index contributed by atoms with van der Waals surface area (Å²) >= 11 is 12.5. The van der Waals surface area contributed by atoms with E-state index in [1.807, 2.05) is 25.2 Å². The number of pyridine rings is 1. The Kier molecular flexibility index (Phi) is 7.20. The summed E-state index contributed by atoms with van der Waals surface area (Å²) in [5, 5.41) is 4.27. The fourth-order valence-electron chi connectivity index (χ4n) is 4.48. The second-order valence-corrected chi connectivity index (χ2v) is 9.81. The van der Waals surface area contributed by atoms with Crippen LogP contribution in [-0.4, -0.2) is 60.1 Å². The highest BCUT2D eigenvalue weighted by Crippen LogP contribution is 2.32. The first-order valence-corrected chi connectivity index (χ1v) is 12.6. The molecule has 0 bridgehead atoms. The number of nitrogens with two attached hydrogens (primary N) is 1. The first-order chi connectivity index (χ1) is 17.4. The molecule has 2 aromatic carbocycles. The van der Waals surface area contributed by atoms with Gasteiger partial charge in [-0.05, 0) is 50.5 Å². The molecular weight excluding hydrogens is 497 g/mol. The van der Waals surface area contributed by atoms with Crippen molar-refractivity contribution in [1.29, 1.82) is 0 Å². The summed E-state index contributed by atoms with van der Waals surface area (Å²) in [6, 6.07) is 11.7. The van der Waals surface area contributed by atoms with Gasteiger partial charge in [0.15, 0.2) is 0 Å². The van der Waals surface area contributed by atoms with Gasteiger partial charge in [0, 0.05) is 61.1 Å². The third-order valence-corrected chi connectivity index (χ3v) is 7.27. The molecule has 8 nitrogen and oxygen atoms in total. The number of H-pyrrole nitrogens is 1. The van der Waals surface area contributed by atoms with E-state index >= 15 is 0 Å². The van der Waals surface area contributed by atoms with E-state index in [-0.39, 0.29) is 12.6 Å². The molecule has 0 aliphatic carbocycles. The molecular formula is C26H29Cl2N7O. The fraction of sp³-hybridized carbons (Fsp3) is 0.308. The van der Waals surface area contributed by atoms with Crippen LogP contribution in [0.5, 0.6) is 5.75 Å². The number of ether oxygens (including phenoxy) is 1. The monoisotopic (exact) mass is 525 g/mol. The van der Waals surface area contributed by atoms with Crippen LogP contribution in [0, 0.1) is 0 Å². The molecule has 1 aliphatic rings. The van der Waals surface area contributed by atoms with Gasteiger partial charge in [0.1, 0.15) is 18.2 Å². The van der Waals surface area contributed by atoms with Crippen LogP contribution in [0.4, 0.5) is 11.4 Å². The third kappa shape index (κ3) is 5.08. The SMILES string of the molecule is CNC(c1nc2ccc(N3CCN(C)CC3)cc2[nH]1)c1cc(OCc2c(Cl)cncc2Cl)ccc1N. The number of hydrogen-bond acceptors (Lipinski definition) is 7. The second kappa shape index (κ2) is 10.5. The number of benzene rings is 2. The van der Waals surface area contributed by atoms with Crippen molar-refractivity contribution in [3.8, 4) is 5.75 Å². The Bertz CT molecular complexity index is 1350. The van der Waals surface area contributed by atoms with Crippen molar-refractivity contribution in [2.24, 2.45) is 0 Å². The number of rotatable bonds is 7. The molecule has 36 heavy (non-hydrogen) atoms. The van der Waals surface area contributed by atoms with Gasteiger partial charge < -0.3 is 30.6 Å². The smallest absolute Gasteiger partial charge is 0.129 e. The van der Waals surface area contributed by atoms with Crippen molar-refractivity contribution in [2.45, 2.75) is 12.6 Å². The number of fused-ring (bicyclic) bond motifs is 1. The Morgan fingerprint density at radius 3 is 2.56 bits per heavy atom. The molecule has 0 amide bonds. The Balaban J connectivity index is 1.39. The van der Waals surface area contributed by atoms with E-state index in [2.05, 4.69) is 50.3 Å². The highest BCUT2D eigenvalue weighted by atomic mass is 35.5. The summed E-state index contributed by atoms with van der Waals surface area (Å²) in [6.07, 6.45) is 3.10. The number of nitrogen functional groups attached to an aromatic ring is 1. The van der Waals surface area contributed by atoms with Crippen LogP contribution < -0.4 is 20.7 Å². The molecule has 188 valence electrons. The van der Waals surface area contributed by atoms with Gasteiger partial charge in [-0.2, -0.15) is 0 Å². The lowest BCUT2D eigenvalue weighted by Crippen LogP contribution is -2.44. The molecule has 4 N–H and O–H groups in total. The average molecular weight is 526 g/mol. The molecule has 2 aromatic heterocycles. The number of aromatic amines is 1. The van der Waals surface area contributed by atoms with Crippen molar-refractivity contribution in [3.05, 3.63) is 75.8 Å². The van der Waals surface area contributed by atoms with Crippen LogP contribution in [0.25, 0.3) is 11.0 Å². The van der Waals surface area contributed by atoms with Crippen LogP contribution in [-0.2, 0) is 6.61 Å². The number of nitrogens with zero attached hydrogens (tertiary/aromatic N) is 4. The second-order valence-electron chi connectivity index (χ2n) is 9.00. The van der Waals surface area contributed by atoms with E-state index in [1.54, 1.807) is 12.4 Å². The molecule has 5 rings (SSSR count). The summed E-state index contributed by atoms with van der Waals surface area (Å²) in [5.74, 6) is 1.43. The molecule has 1 atom stereocenters. The van der Waals surface area contributed by atoms with E-state index in [4.69, 9.17) is 38.7 Å². The minimum atomic E-state index is -0.249. The van der Waals surface area contributed by atoms with Crippen LogP contribution in [0.15, 0.2) is 48.8 Å². The van der Waals surface area contributed by atoms with E-state index in [0.29, 0.717) is 27.0 Å².